The molecular weight excluding hydrogens is 228 g/mol. The van der Waals surface area contributed by atoms with Gasteiger partial charge in [0.05, 0.1) is 4.88 Å². The van der Waals surface area contributed by atoms with E-state index in [2.05, 4.69) is 25.3 Å². The van der Waals surface area contributed by atoms with Crippen molar-refractivity contribution in [3.63, 3.8) is 0 Å². The summed E-state index contributed by atoms with van der Waals surface area (Å²) in [6.07, 6.45) is 0. The number of nitrogens with one attached hydrogen (secondary N) is 1. The van der Waals surface area contributed by atoms with Crippen LogP contribution in [0.1, 0.15) is 0 Å². The van der Waals surface area contributed by atoms with Gasteiger partial charge in [0.15, 0.2) is 0 Å². The van der Waals surface area contributed by atoms with Crippen molar-refractivity contribution in [3.05, 3.63) is 17.5 Å². The molecule has 7 nitrogen and oxygen atoms in total. The number of hydrogen-bond donors (Lipinski definition) is 2. The first-order valence-electron chi connectivity index (χ1n) is 4.39. The van der Waals surface area contributed by atoms with Crippen molar-refractivity contribution in [2.75, 3.05) is 5.73 Å². The van der Waals surface area contributed by atoms with Crippen molar-refractivity contribution in [2.24, 2.45) is 0 Å². The maximum absolute atomic E-state index is 5.38. The summed E-state index contributed by atoms with van der Waals surface area (Å²) in [6.45, 7) is 0. The van der Waals surface area contributed by atoms with Crippen LogP contribution in [0.25, 0.3) is 22.4 Å². The molecule has 8 heteroatoms. The van der Waals surface area contributed by atoms with E-state index in [9.17, 15) is 0 Å². The summed E-state index contributed by atoms with van der Waals surface area (Å²) in [6, 6.07) is 3.83. The van der Waals surface area contributed by atoms with Crippen molar-refractivity contribution in [1.29, 1.82) is 0 Å². The molecule has 3 aromatic rings. The minimum atomic E-state index is 0.144. The van der Waals surface area contributed by atoms with E-state index in [1.54, 1.807) is 0 Å². The van der Waals surface area contributed by atoms with Crippen LogP contribution in [-0.2, 0) is 0 Å². The molecule has 0 aliphatic rings. The molecule has 80 valence electrons. The van der Waals surface area contributed by atoms with Crippen molar-refractivity contribution in [1.82, 2.24) is 25.3 Å². The standard InChI is InChI=1S/C8H6N6OS/c9-8-11-6(12-13-8)7-10-5(14-15-7)4-2-1-3-16-4/h1-3H,(H3,9,11,12,13). The van der Waals surface area contributed by atoms with Crippen LogP contribution in [0.4, 0.5) is 5.95 Å². The Morgan fingerprint density at radius 1 is 1.38 bits per heavy atom. The highest BCUT2D eigenvalue weighted by atomic mass is 32.1. The van der Waals surface area contributed by atoms with E-state index in [1.165, 1.54) is 11.3 Å². The third kappa shape index (κ3) is 1.44. The van der Waals surface area contributed by atoms with Crippen molar-refractivity contribution < 1.29 is 4.52 Å². The van der Waals surface area contributed by atoms with Crippen LogP contribution in [0.5, 0.6) is 0 Å². The number of nitrogen functional groups attached to an aromatic ring is 1. The number of aromatic amines is 1. The summed E-state index contributed by atoms with van der Waals surface area (Å²) in [5, 5.41) is 12.1. The fraction of sp³-hybridized carbons (Fsp3) is 0. The molecule has 0 aromatic carbocycles. The second-order valence-electron chi connectivity index (χ2n) is 2.94. The molecule has 0 aliphatic heterocycles. The molecule has 0 bridgehead atoms. The van der Waals surface area contributed by atoms with Crippen LogP contribution >= 0.6 is 11.3 Å². The number of anilines is 1. The Labute approximate surface area is 93.3 Å². The third-order valence-corrected chi connectivity index (χ3v) is 2.74. The van der Waals surface area contributed by atoms with Crippen LogP contribution < -0.4 is 5.73 Å². The lowest BCUT2D eigenvalue weighted by Crippen LogP contribution is -1.85. The molecule has 16 heavy (non-hydrogen) atoms. The average molecular weight is 234 g/mol. The summed E-state index contributed by atoms with van der Waals surface area (Å²) < 4.78 is 5.04. The Bertz CT molecular complexity index is 598. The molecule has 0 unspecified atom stereocenters. The van der Waals surface area contributed by atoms with E-state index < -0.39 is 0 Å². The summed E-state index contributed by atoms with van der Waals surface area (Å²) in [7, 11) is 0. The van der Waals surface area contributed by atoms with Crippen LogP contribution in [0.3, 0.4) is 0 Å². The van der Waals surface area contributed by atoms with Crippen molar-refractivity contribution in [2.45, 2.75) is 0 Å². The molecule has 0 saturated heterocycles. The zero-order chi connectivity index (χ0) is 11.0. The fourth-order valence-electron chi connectivity index (χ4n) is 1.20. The Hall–Kier alpha value is -2.22. The average Bonchev–Trinajstić information content (AvgIpc) is 2.97. The monoisotopic (exact) mass is 234 g/mol. The van der Waals surface area contributed by atoms with Crippen LogP contribution in [-0.4, -0.2) is 25.3 Å². The SMILES string of the molecule is Nc1n[nH]c(-c2nc(-c3cccs3)no2)n1. The second-order valence-corrected chi connectivity index (χ2v) is 3.89. The lowest BCUT2D eigenvalue weighted by atomic mass is 10.4. The van der Waals surface area contributed by atoms with Gasteiger partial charge in [-0.3, -0.25) is 5.10 Å². The maximum Gasteiger partial charge on any atom is 0.295 e. The lowest BCUT2D eigenvalue weighted by Gasteiger charge is -1.82. The molecule has 0 amide bonds. The summed E-state index contributed by atoms with van der Waals surface area (Å²) in [5.41, 5.74) is 5.38. The van der Waals surface area contributed by atoms with Crippen LogP contribution in [0.15, 0.2) is 22.0 Å². The Kier molecular flexibility index (Phi) is 1.93. The highest BCUT2D eigenvalue weighted by Crippen LogP contribution is 2.23. The Balaban J connectivity index is 2.00. The number of hydrogen-bond acceptors (Lipinski definition) is 7. The van der Waals surface area contributed by atoms with Crippen molar-refractivity contribution in [3.8, 4) is 22.4 Å². The topological polar surface area (TPSA) is 107 Å². The van der Waals surface area contributed by atoms with Gasteiger partial charge >= 0.3 is 0 Å². The smallest absolute Gasteiger partial charge is 0.295 e. The molecule has 0 saturated carbocycles. The quantitative estimate of drug-likeness (QED) is 0.689. The number of H-pyrrole nitrogens is 1. The van der Waals surface area contributed by atoms with Gasteiger partial charge in [0, 0.05) is 0 Å². The molecule has 0 aliphatic carbocycles. The number of aromatic nitrogens is 5. The summed E-state index contributed by atoms with van der Waals surface area (Å²) in [5.74, 6) is 1.31. The highest BCUT2D eigenvalue weighted by molar-refractivity contribution is 7.13. The van der Waals surface area contributed by atoms with Crippen LogP contribution in [0.2, 0.25) is 0 Å². The van der Waals surface area contributed by atoms with Gasteiger partial charge in [0.2, 0.25) is 17.6 Å². The summed E-state index contributed by atoms with van der Waals surface area (Å²) >= 11 is 1.53. The zero-order valence-corrected chi connectivity index (χ0v) is 8.73. The van der Waals surface area contributed by atoms with E-state index >= 15 is 0 Å². The first kappa shape index (κ1) is 9.04. The largest absolute Gasteiger partial charge is 0.366 e. The minimum Gasteiger partial charge on any atom is -0.366 e. The predicted octanol–water partition coefficient (Wildman–Crippen LogP) is 1.17. The van der Waals surface area contributed by atoms with E-state index in [-0.39, 0.29) is 11.8 Å². The van der Waals surface area contributed by atoms with Gasteiger partial charge in [-0.15, -0.1) is 16.4 Å². The van der Waals surface area contributed by atoms with Crippen LogP contribution in [0, 0.1) is 0 Å². The van der Waals surface area contributed by atoms with Gasteiger partial charge in [-0.1, -0.05) is 11.2 Å². The molecule has 0 spiro atoms. The molecular formula is C8H6N6OS. The number of nitrogens with two attached hydrogens (primary N) is 1. The molecule has 0 atom stereocenters. The first-order valence-corrected chi connectivity index (χ1v) is 5.27. The van der Waals surface area contributed by atoms with Crippen molar-refractivity contribution >= 4 is 17.3 Å². The number of thiophene rings is 1. The lowest BCUT2D eigenvalue weighted by molar-refractivity contribution is 0.430. The van der Waals surface area contributed by atoms with Gasteiger partial charge in [-0.05, 0) is 11.4 Å². The molecule has 3 N–H and O–H groups in total. The zero-order valence-electron chi connectivity index (χ0n) is 7.91. The fourth-order valence-corrected chi connectivity index (χ4v) is 1.85. The van der Waals surface area contributed by atoms with E-state index in [0.717, 1.165) is 4.88 Å². The van der Waals surface area contributed by atoms with Gasteiger partial charge in [-0.2, -0.15) is 9.97 Å². The minimum absolute atomic E-state index is 0.144. The third-order valence-electron chi connectivity index (χ3n) is 1.87. The van der Waals surface area contributed by atoms with E-state index in [0.29, 0.717) is 11.6 Å². The van der Waals surface area contributed by atoms with Gasteiger partial charge in [-0.25, -0.2) is 0 Å². The summed E-state index contributed by atoms with van der Waals surface area (Å²) in [4.78, 5) is 9.01. The highest BCUT2D eigenvalue weighted by Gasteiger charge is 2.14. The maximum atomic E-state index is 5.38. The van der Waals surface area contributed by atoms with E-state index in [4.69, 9.17) is 10.3 Å². The normalized spacial score (nSPS) is 10.8. The predicted molar refractivity (Wildman–Crippen MR) is 57.4 cm³/mol. The van der Waals surface area contributed by atoms with E-state index in [1.807, 2.05) is 17.5 Å². The molecule has 3 heterocycles. The molecule has 3 rings (SSSR count). The Morgan fingerprint density at radius 2 is 2.31 bits per heavy atom. The molecule has 0 fully saturated rings. The van der Waals surface area contributed by atoms with Gasteiger partial charge in [0.1, 0.15) is 0 Å². The number of nitrogens with zero attached hydrogens (tertiary/aromatic N) is 4. The number of rotatable bonds is 2. The van der Waals surface area contributed by atoms with Gasteiger partial charge < -0.3 is 10.3 Å². The Morgan fingerprint density at radius 3 is 3.00 bits per heavy atom. The first-order chi connectivity index (χ1) is 7.83. The molecule has 3 aromatic heterocycles. The van der Waals surface area contributed by atoms with Gasteiger partial charge in [0.25, 0.3) is 5.89 Å². The molecule has 0 radical (unpaired) electrons. The second kappa shape index (κ2) is 3.42.